The molecule has 2 rings (SSSR count). The second kappa shape index (κ2) is 7.97. The molecule has 0 heterocycles. The normalized spacial score (nSPS) is 9.84. The predicted octanol–water partition coefficient (Wildman–Crippen LogP) is 3.94. The maximum atomic E-state index is 11.8. The SMILES string of the molecule is C=CC(=O)Oc1cc(-c2ccccc2OC(=O)C(=C)C)ccc1OC. The fourth-order valence-corrected chi connectivity index (χ4v) is 2.06. The summed E-state index contributed by atoms with van der Waals surface area (Å²) >= 11 is 0. The van der Waals surface area contributed by atoms with E-state index < -0.39 is 11.9 Å². The molecule has 2 aromatic rings. The van der Waals surface area contributed by atoms with Crippen molar-refractivity contribution >= 4 is 11.9 Å². The molecule has 0 radical (unpaired) electrons. The summed E-state index contributed by atoms with van der Waals surface area (Å²) in [6, 6.07) is 12.1. The number of para-hydroxylation sites is 1. The molecule has 25 heavy (non-hydrogen) atoms. The first-order chi connectivity index (χ1) is 12.0. The van der Waals surface area contributed by atoms with E-state index in [0.717, 1.165) is 6.08 Å². The molecule has 0 atom stereocenters. The van der Waals surface area contributed by atoms with Gasteiger partial charge in [0.15, 0.2) is 11.5 Å². The van der Waals surface area contributed by atoms with Gasteiger partial charge >= 0.3 is 11.9 Å². The van der Waals surface area contributed by atoms with Crippen molar-refractivity contribution in [1.29, 1.82) is 0 Å². The van der Waals surface area contributed by atoms with Crippen molar-refractivity contribution in [3.63, 3.8) is 0 Å². The predicted molar refractivity (Wildman–Crippen MR) is 94.7 cm³/mol. The third kappa shape index (κ3) is 4.35. The lowest BCUT2D eigenvalue weighted by molar-refractivity contribution is -0.130. The van der Waals surface area contributed by atoms with Crippen LogP contribution < -0.4 is 14.2 Å². The molecule has 5 nitrogen and oxygen atoms in total. The van der Waals surface area contributed by atoms with Gasteiger partial charge in [0.05, 0.1) is 7.11 Å². The Labute approximate surface area is 146 Å². The Bertz CT molecular complexity index is 836. The highest BCUT2D eigenvalue weighted by molar-refractivity contribution is 5.90. The molecule has 0 fully saturated rings. The van der Waals surface area contributed by atoms with Gasteiger partial charge in [0.25, 0.3) is 0 Å². The number of carbonyl (C=O) groups is 2. The molecule has 0 saturated heterocycles. The van der Waals surface area contributed by atoms with E-state index in [1.807, 2.05) is 6.07 Å². The van der Waals surface area contributed by atoms with Crippen LogP contribution in [0.2, 0.25) is 0 Å². The van der Waals surface area contributed by atoms with Crippen molar-refractivity contribution < 1.29 is 23.8 Å². The third-order valence-corrected chi connectivity index (χ3v) is 3.29. The van der Waals surface area contributed by atoms with E-state index in [0.29, 0.717) is 28.2 Å². The van der Waals surface area contributed by atoms with E-state index in [1.165, 1.54) is 7.11 Å². The number of hydrogen-bond acceptors (Lipinski definition) is 5. The van der Waals surface area contributed by atoms with Crippen LogP contribution >= 0.6 is 0 Å². The minimum absolute atomic E-state index is 0.242. The van der Waals surface area contributed by atoms with Gasteiger partial charge in [-0.05, 0) is 30.7 Å². The minimum atomic E-state index is -0.600. The largest absolute Gasteiger partial charge is 0.493 e. The van der Waals surface area contributed by atoms with Gasteiger partial charge in [0.2, 0.25) is 0 Å². The molecule has 0 N–H and O–H groups in total. The molecule has 0 bridgehead atoms. The molecule has 0 aliphatic carbocycles. The Morgan fingerprint density at radius 1 is 1.00 bits per heavy atom. The molecule has 0 aliphatic rings. The number of benzene rings is 2. The number of esters is 2. The van der Waals surface area contributed by atoms with Crippen molar-refractivity contribution in [2.75, 3.05) is 7.11 Å². The molecule has 0 saturated carbocycles. The zero-order chi connectivity index (χ0) is 18.4. The lowest BCUT2D eigenvalue weighted by Gasteiger charge is -2.13. The van der Waals surface area contributed by atoms with Crippen molar-refractivity contribution in [3.8, 4) is 28.4 Å². The number of carbonyl (C=O) groups excluding carboxylic acids is 2. The van der Waals surface area contributed by atoms with Crippen LogP contribution in [-0.2, 0) is 9.59 Å². The lowest BCUT2D eigenvalue weighted by Crippen LogP contribution is -2.09. The zero-order valence-corrected chi connectivity index (χ0v) is 14.1. The third-order valence-electron chi connectivity index (χ3n) is 3.29. The van der Waals surface area contributed by atoms with Gasteiger partial charge in [-0.3, -0.25) is 0 Å². The maximum absolute atomic E-state index is 11.8. The molecule has 5 heteroatoms. The average molecular weight is 338 g/mol. The van der Waals surface area contributed by atoms with Crippen LogP contribution in [0.25, 0.3) is 11.1 Å². The highest BCUT2D eigenvalue weighted by Gasteiger charge is 2.14. The summed E-state index contributed by atoms with van der Waals surface area (Å²) < 4.78 is 15.8. The standard InChI is InChI=1S/C20H18O5/c1-5-19(21)24-18-12-14(10-11-17(18)23-4)15-8-6-7-9-16(15)25-20(22)13(2)3/h5-12H,1-2H2,3-4H3. The van der Waals surface area contributed by atoms with E-state index in [-0.39, 0.29) is 5.75 Å². The monoisotopic (exact) mass is 338 g/mol. The highest BCUT2D eigenvalue weighted by atomic mass is 16.6. The van der Waals surface area contributed by atoms with Crippen LogP contribution in [-0.4, -0.2) is 19.0 Å². The summed E-state index contributed by atoms with van der Waals surface area (Å²) in [6.07, 6.45) is 1.06. The summed E-state index contributed by atoms with van der Waals surface area (Å²) in [5, 5.41) is 0. The van der Waals surface area contributed by atoms with Crippen molar-refractivity contribution in [1.82, 2.24) is 0 Å². The summed E-state index contributed by atoms with van der Waals surface area (Å²) in [5.41, 5.74) is 1.65. The average Bonchev–Trinajstić information content (AvgIpc) is 2.61. The second-order valence-electron chi connectivity index (χ2n) is 5.16. The van der Waals surface area contributed by atoms with Crippen molar-refractivity contribution in [2.24, 2.45) is 0 Å². The molecule has 0 spiro atoms. The summed E-state index contributed by atoms with van der Waals surface area (Å²) in [7, 11) is 1.48. The molecular weight excluding hydrogens is 320 g/mol. The van der Waals surface area contributed by atoms with E-state index in [2.05, 4.69) is 13.2 Å². The minimum Gasteiger partial charge on any atom is -0.493 e. The van der Waals surface area contributed by atoms with E-state index in [4.69, 9.17) is 14.2 Å². The second-order valence-corrected chi connectivity index (χ2v) is 5.16. The maximum Gasteiger partial charge on any atom is 0.338 e. The molecule has 0 unspecified atom stereocenters. The van der Waals surface area contributed by atoms with Crippen LogP contribution in [0.15, 0.2) is 67.3 Å². The van der Waals surface area contributed by atoms with Gasteiger partial charge in [0.1, 0.15) is 5.75 Å². The summed E-state index contributed by atoms with van der Waals surface area (Å²) in [5.74, 6) is -0.0975. The fraction of sp³-hybridized carbons (Fsp3) is 0.100. The number of ether oxygens (including phenoxy) is 3. The van der Waals surface area contributed by atoms with Gasteiger partial charge in [-0.2, -0.15) is 0 Å². The first kappa shape index (κ1) is 18.0. The Morgan fingerprint density at radius 3 is 2.36 bits per heavy atom. The van der Waals surface area contributed by atoms with Gasteiger partial charge in [0, 0.05) is 17.2 Å². The molecule has 128 valence electrons. The molecule has 0 aromatic heterocycles. The van der Waals surface area contributed by atoms with Gasteiger partial charge in [-0.15, -0.1) is 0 Å². The summed E-state index contributed by atoms with van der Waals surface area (Å²) in [4.78, 5) is 23.3. The molecule has 0 aliphatic heterocycles. The first-order valence-corrected chi connectivity index (χ1v) is 7.45. The quantitative estimate of drug-likeness (QED) is 0.454. The Hall–Kier alpha value is -3.34. The fourth-order valence-electron chi connectivity index (χ4n) is 2.06. The van der Waals surface area contributed by atoms with Crippen LogP contribution in [0, 0.1) is 0 Å². The molecular formula is C20H18O5. The van der Waals surface area contributed by atoms with Crippen LogP contribution in [0.1, 0.15) is 6.92 Å². The van der Waals surface area contributed by atoms with Crippen molar-refractivity contribution in [2.45, 2.75) is 6.92 Å². The van der Waals surface area contributed by atoms with Crippen molar-refractivity contribution in [3.05, 3.63) is 67.3 Å². The Kier molecular flexibility index (Phi) is 5.74. The topological polar surface area (TPSA) is 61.8 Å². The van der Waals surface area contributed by atoms with Crippen LogP contribution in [0.3, 0.4) is 0 Å². The zero-order valence-electron chi connectivity index (χ0n) is 14.1. The van der Waals surface area contributed by atoms with E-state index in [1.54, 1.807) is 43.3 Å². The Balaban J connectivity index is 2.46. The molecule has 0 amide bonds. The lowest BCUT2D eigenvalue weighted by atomic mass is 10.0. The smallest absolute Gasteiger partial charge is 0.338 e. The first-order valence-electron chi connectivity index (χ1n) is 7.45. The molecule has 2 aromatic carbocycles. The summed E-state index contributed by atoms with van der Waals surface area (Å²) in [6.45, 7) is 8.52. The Morgan fingerprint density at radius 2 is 1.72 bits per heavy atom. The van der Waals surface area contributed by atoms with Crippen LogP contribution in [0.4, 0.5) is 0 Å². The van der Waals surface area contributed by atoms with Crippen LogP contribution in [0.5, 0.6) is 17.2 Å². The number of hydrogen-bond donors (Lipinski definition) is 0. The van der Waals surface area contributed by atoms with Gasteiger partial charge < -0.3 is 14.2 Å². The van der Waals surface area contributed by atoms with E-state index >= 15 is 0 Å². The van der Waals surface area contributed by atoms with E-state index in [9.17, 15) is 9.59 Å². The number of rotatable bonds is 6. The number of methoxy groups -OCH3 is 1. The van der Waals surface area contributed by atoms with Gasteiger partial charge in [-0.1, -0.05) is 37.4 Å². The van der Waals surface area contributed by atoms with Gasteiger partial charge in [-0.25, -0.2) is 9.59 Å². The highest BCUT2D eigenvalue weighted by Crippen LogP contribution is 2.36.